The molecule has 0 atom stereocenters. The molecule has 0 aliphatic rings. The molecule has 114 valence electrons. The molecule has 0 amide bonds. The number of aryl methyl sites for hydroxylation is 1. The van der Waals surface area contributed by atoms with Gasteiger partial charge in [-0.05, 0) is 25.1 Å². The predicted molar refractivity (Wildman–Crippen MR) is 88.9 cm³/mol. The van der Waals surface area contributed by atoms with Crippen molar-refractivity contribution >= 4 is 27.2 Å². The normalized spacial score (nSPS) is 9.95. The lowest BCUT2D eigenvalue weighted by Crippen LogP contribution is -1.88. The van der Waals surface area contributed by atoms with Gasteiger partial charge in [-0.25, -0.2) is 0 Å². The number of non-ortho nitro benzene ring substituents is 1. The molecule has 0 N–H and O–H groups in total. The smallest absolute Gasteiger partial charge is 0.269 e. The summed E-state index contributed by atoms with van der Waals surface area (Å²) >= 11 is 1.61. The van der Waals surface area contributed by atoms with Crippen molar-refractivity contribution in [1.29, 1.82) is 0 Å². The van der Waals surface area contributed by atoms with E-state index in [4.69, 9.17) is 4.74 Å². The molecule has 5 nitrogen and oxygen atoms in total. The first kappa shape index (κ1) is 15.9. The second kappa shape index (κ2) is 7.00. The van der Waals surface area contributed by atoms with Crippen molar-refractivity contribution in [2.45, 2.75) is 20.8 Å². The monoisotopic (exact) mass is 316 g/mol. The van der Waals surface area contributed by atoms with Gasteiger partial charge in [-0.2, -0.15) is 0 Å². The molecular weight excluding hydrogens is 300 g/mol. The Labute approximate surface area is 132 Å². The third-order valence-corrected chi connectivity index (χ3v) is 3.83. The maximum atomic E-state index is 10.6. The Morgan fingerprint density at radius 1 is 1.18 bits per heavy atom. The fourth-order valence-electron chi connectivity index (χ4n) is 1.88. The van der Waals surface area contributed by atoms with E-state index in [2.05, 4.69) is 4.98 Å². The molecular formula is C16H16N2O3S. The van der Waals surface area contributed by atoms with Crippen LogP contribution in [0.25, 0.3) is 10.2 Å². The number of fused-ring (bicyclic) bond motifs is 1. The van der Waals surface area contributed by atoms with Crippen LogP contribution in [0.5, 0.6) is 11.5 Å². The third kappa shape index (κ3) is 3.40. The molecule has 2 heterocycles. The second-order valence-corrected chi connectivity index (χ2v) is 5.49. The van der Waals surface area contributed by atoms with Gasteiger partial charge in [-0.3, -0.25) is 15.1 Å². The number of hydrogen-bond acceptors (Lipinski definition) is 5. The number of ether oxygens (including phenoxy) is 1. The Bertz CT molecular complexity index is 782. The molecule has 2 aromatic heterocycles. The van der Waals surface area contributed by atoms with Gasteiger partial charge in [0.25, 0.3) is 5.69 Å². The molecule has 0 radical (unpaired) electrons. The number of nitro benzene ring substituents is 1. The Morgan fingerprint density at radius 2 is 1.86 bits per heavy atom. The van der Waals surface area contributed by atoms with Crippen LogP contribution in [0.2, 0.25) is 0 Å². The largest absolute Gasteiger partial charge is 0.456 e. The summed E-state index contributed by atoms with van der Waals surface area (Å²) in [5.74, 6) is 1.27. The Hall–Kier alpha value is -2.47. The molecule has 1 aromatic carbocycles. The van der Waals surface area contributed by atoms with E-state index >= 15 is 0 Å². The maximum absolute atomic E-state index is 10.6. The minimum atomic E-state index is -0.433. The fourth-order valence-corrected chi connectivity index (χ4v) is 2.80. The average Bonchev–Trinajstić information content (AvgIpc) is 2.91. The van der Waals surface area contributed by atoms with E-state index in [1.165, 1.54) is 12.1 Å². The number of benzene rings is 1. The van der Waals surface area contributed by atoms with Crippen LogP contribution >= 0.6 is 11.3 Å². The summed E-state index contributed by atoms with van der Waals surface area (Å²) in [4.78, 5) is 15.6. The van der Waals surface area contributed by atoms with Gasteiger partial charge in [0, 0.05) is 29.3 Å². The Morgan fingerprint density at radius 3 is 2.50 bits per heavy atom. The Kier molecular flexibility index (Phi) is 5.06. The topological polar surface area (TPSA) is 65.3 Å². The first-order chi connectivity index (χ1) is 10.6. The molecule has 0 aliphatic carbocycles. The van der Waals surface area contributed by atoms with E-state index in [0.29, 0.717) is 11.5 Å². The number of pyridine rings is 1. The number of thiophene rings is 1. The van der Waals surface area contributed by atoms with Crippen LogP contribution in [0.3, 0.4) is 0 Å². The van der Waals surface area contributed by atoms with Crippen LogP contribution in [0, 0.1) is 17.0 Å². The highest BCUT2D eigenvalue weighted by Crippen LogP contribution is 2.34. The highest BCUT2D eigenvalue weighted by Gasteiger charge is 2.09. The number of nitrogens with zero attached hydrogens (tertiary/aromatic N) is 2. The average molecular weight is 316 g/mol. The number of aromatic nitrogens is 1. The highest BCUT2D eigenvalue weighted by atomic mass is 32.1. The second-order valence-electron chi connectivity index (χ2n) is 4.23. The zero-order chi connectivity index (χ0) is 16.1. The number of hydrogen-bond donors (Lipinski definition) is 0. The molecule has 0 unspecified atom stereocenters. The quantitative estimate of drug-likeness (QED) is 0.484. The minimum absolute atomic E-state index is 0.0455. The van der Waals surface area contributed by atoms with E-state index in [0.717, 1.165) is 15.1 Å². The Balaban J connectivity index is 0.000000847. The van der Waals surface area contributed by atoms with E-state index < -0.39 is 4.92 Å². The molecule has 6 heteroatoms. The molecule has 0 saturated heterocycles. The zero-order valence-corrected chi connectivity index (χ0v) is 13.4. The van der Waals surface area contributed by atoms with E-state index in [-0.39, 0.29) is 5.69 Å². The number of nitro groups is 1. The van der Waals surface area contributed by atoms with Crippen molar-refractivity contribution in [1.82, 2.24) is 4.98 Å². The summed E-state index contributed by atoms with van der Waals surface area (Å²) in [6.07, 6.45) is 1.69. The minimum Gasteiger partial charge on any atom is -0.456 e. The molecule has 0 saturated carbocycles. The summed E-state index contributed by atoms with van der Waals surface area (Å²) in [6.45, 7) is 6.02. The SMILES string of the molecule is CC.Cc1cc2nccc(Oc3ccc([N+](=O)[O-])cc3)c2s1. The van der Waals surface area contributed by atoms with Gasteiger partial charge in [-0.1, -0.05) is 13.8 Å². The van der Waals surface area contributed by atoms with Crippen LogP contribution in [-0.2, 0) is 0 Å². The third-order valence-electron chi connectivity index (χ3n) is 2.77. The zero-order valence-electron chi connectivity index (χ0n) is 12.6. The molecule has 0 fully saturated rings. The molecule has 22 heavy (non-hydrogen) atoms. The van der Waals surface area contributed by atoms with Crippen molar-refractivity contribution in [2.75, 3.05) is 0 Å². The fraction of sp³-hybridized carbons (Fsp3) is 0.188. The van der Waals surface area contributed by atoms with Gasteiger partial charge >= 0.3 is 0 Å². The first-order valence-electron chi connectivity index (χ1n) is 6.91. The molecule has 3 rings (SSSR count). The van der Waals surface area contributed by atoms with Crippen molar-refractivity contribution < 1.29 is 9.66 Å². The van der Waals surface area contributed by atoms with E-state index in [9.17, 15) is 10.1 Å². The molecule has 3 aromatic rings. The van der Waals surface area contributed by atoms with Crippen molar-refractivity contribution in [3.63, 3.8) is 0 Å². The van der Waals surface area contributed by atoms with E-state index in [1.54, 1.807) is 35.7 Å². The van der Waals surface area contributed by atoms with Crippen LogP contribution in [0.1, 0.15) is 18.7 Å². The van der Waals surface area contributed by atoms with Crippen LogP contribution in [-0.4, -0.2) is 9.91 Å². The maximum Gasteiger partial charge on any atom is 0.269 e. The van der Waals surface area contributed by atoms with Crippen molar-refractivity contribution in [3.05, 3.63) is 57.6 Å². The van der Waals surface area contributed by atoms with Crippen LogP contribution in [0.15, 0.2) is 42.6 Å². The highest BCUT2D eigenvalue weighted by molar-refractivity contribution is 7.19. The molecule has 0 bridgehead atoms. The summed E-state index contributed by atoms with van der Waals surface area (Å²) in [5.41, 5.74) is 0.941. The molecule has 0 spiro atoms. The van der Waals surface area contributed by atoms with Gasteiger partial charge < -0.3 is 4.74 Å². The van der Waals surface area contributed by atoms with Gasteiger partial charge in [0.1, 0.15) is 11.5 Å². The summed E-state index contributed by atoms with van der Waals surface area (Å²) in [5, 5.41) is 10.6. The van der Waals surface area contributed by atoms with Crippen molar-refractivity contribution in [2.24, 2.45) is 0 Å². The lowest BCUT2D eigenvalue weighted by Gasteiger charge is -2.05. The summed E-state index contributed by atoms with van der Waals surface area (Å²) in [6, 6.07) is 9.82. The summed E-state index contributed by atoms with van der Waals surface area (Å²) < 4.78 is 6.76. The first-order valence-corrected chi connectivity index (χ1v) is 7.72. The lowest BCUT2D eigenvalue weighted by atomic mass is 10.3. The van der Waals surface area contributed by atoms with Crippen LogP contribution in [0.4, 0.5) is 5.69 Å². The van der Waals surface area contributed by atoms with E-state index in [1.807, 2.05) is 26.8 Å². The van der Waals surface area contributed by atoms with Crippen molar-refractivity contribution in [3.8, 4) is 11.5 Å². The number of rotatable bonds is 3. The van der Waals surface area contributed by atoms with Crippen LogP contribution < -0.4 is 4.74 Å². The van der Waals surface area contributed by atoms with Gasteiger partial charge in [0.2, 0.25) is 0 Å². The molecule has 0 aliphatic heterocycles. The lowest BCUT2D eigenvalue weighted by molar-refractivity contribution is -0.384. The summed E-state index contributed by atoms with van der Waals surface area (Å²) in [7, 11) is 0. The van der Waals surface area contributed by atoms with Gasteiger partial charge in [0.15, 0.2) is 0 Å². The van der Waals surface area contributed by atoms with Gasteiger partial charge in [0.05, 0.1) is 15.1 Å². The van der Waals surface area contributed by atoms with Gasteiger partial charge in [-0.15, -0.1) is 11.3 Å². The predicted octanol–water partition coefficient (Wildman–Crippen LogP) is 5.33. The standard InChI is InChI=1S/C14H10N2O3S.C2H6/c1-9-8-12-14(20-9)13(6-7-15-12)19-11-4-2-10(3-5-11)16(17)18;1-2/h2-8H,1H3;1-2H3.